The maximum Gasteiger partial charge on any atom is 0.227 e. The molecule has 146 valence electrons. The van der Waals surface area contributed by atoms with E-state index in [9.17, 15) is 14.0 Å². The van der Waals surface area contributed by atoms with Crippen molar-refractivity contribution in [1.29, 1.82) is 0 Å². The number of carbonyl (C=O) groups excluding carboxylic acids is 2. The van der Waals surface area contributed by atoms with Crippen LogP contribution >= 0.6 is 0 Å². The highest BCUT2D eigenvalue weighted by molar-refractivity contribution is 5.84. The number of amides is 2. The van der Waals surface area contributed by atoms with Gasteiger partial charge in [0.15, 0.2) is 0 Å². The molecule has 1 aromatic rings. The normalized spacial score (nSPS) is 24.2. The molecule has 3 fully saturated rings. The first-order valence-corrected chi connectivity index (χ1v) is 9.93. The molecule has 0 aromatic heterocycles. The summed E-state index contributed by atoms with van der Waals surface area (Å²) in [5.74, 6) is 0.251. The van der Waals surface area contributed by atoms with Crippen LogP contribution in [-0.2, 0) is 20.7 Å². The van der Waals surface area contributed by atoms with E-state index in [0.717, 1.165) is 24.9 Å². The highest BCUT2D eigenvalue weighted by atomic mass is 19.1. The van der Waals surface area contributed by atoms with Gasteiger partial charge in [-0.25, -0.2) is 4.39 Å². The fourth-order valence-corrected chi connectivity index (χ4v) is 4.38. The lowest BCUT2D eigenvalue weighted by Gasteiger charge is -2.37. The molecule has 5 nitrogen and oxygen atoms in total. The Hall–Kier alpha value is -1.95. The monoisotopic (exact) mass is 374 g/mol. The smallest absolute Gasteiger partial charge is 0.227 e. The molecule has 4 rings (SSSR count). The van der Waals surface area contributed by atoms with E-state index in [1.165, 1.54) is 25.0 Å². The molecule has 3 aliphatic rings. The molecule has 1 unspecified atom stereocenters. The van der Waals surface area contributed by atoms with Gasteiger partial charge in [0.2, 0.25) is 11.8 Å². The summed E-state index contributed by atoms with van der Waals surface area (Å²) in [7, 11) is 0. The van der Waals surface area contributed by atoms with Gasteiger partial charge in [0.05, 0.1) is 12.3 Å². The van der Waals surface area contributed by atoms with Gasteiger partial charge < -0.3 is 15.0 Å². The van der Waals surface area contributed by atoms with Crippen molar-refractivity contribution in [3.63, 3.8) is 0 Å². The second-order valence-corrected chi connectivity index (χ2v) is 8.29. The summed E-state index contributed by atoms with van der Waals surface area (Å²) in [6.07, 6.45) is 4.27. The van der Waals surface area contributed by atoms with Gasteiger partial charge in [0.1, 0.15) is 5.82 Å². The molecule has 1 atom stereocenters. The van der Waals surface area contributed by atoms with Crippen LogP contribution < -0.4 is 5.32 Å². The fourth-order valence-electron chi connectivity index (χ4n) is 4.38. The first-order chi connectivity index (χ1) is 13.1. The van der Waals surface area contributed by atoms with Crippen LogP contribution in [0.2, 0.25) is 0 Å². The number of nitrogens with zero attached hydrogens (tertiary/aromatic N) is 1. The molecule has 1 aliphatic carbocycles. The van der Waals surface area contributed by atoms with Crippen molar-refractivity contribution in [3.8, 4) is 0 Å². The number of ether oxygens (including phenoxy) is 1. The Morgan fingerprint density at radius 1 is 1.19 bits per heavy atom. The van der Waals surface area contributed by atoms with E-state index >= 15 is 0 Å². The van der Waals surface area contributed by atoms with Gasteiger partial charge in [-0.1, -0.05) is 12.1 Å². The van der Waals surface area contributed by atoms with Gasteiger partial charge in [-0.3, -0.25) is 9.59 Å². The SMILES string of the molecule is O=C(NCC1CC1)C1CN(C(=O)Cc2ccc(F)cc2)CC12CCOCC2. The molecule has 1 N–H and O–H groups in total. The molecule has 2 amide bonds. The van der Waals surface area contributed by atoms with E-state index in [2.05, 4.69) is 5.32 Å². The third-order valence-corrected chi connectivity index (χ3v) is 6.34. The Balaban J connectivity index is 1.44. The minimum absolute atomic E-state index is 0.00460. The van der Waals surface area contributed by atoms with Crippen molar-refractivity contribution >= 4 is 11.8 Å². The summed E-state index contributed by atoms with van der Waals surface area (Å²) in [4.78, 5) is 27.6. The van der Waals surface area contributed by atoms with Crippen LogP contribution in [0, 0.1) is 23.1 Å². The van der Waals surface area contributed by atoms with Crippen molar-refractivity contribution in [2.24, 2.45) is 17.3 Å². The van der Waals surface area contributed by atoms with E-state index in [0.29, 0.717) is 32.2 Å². The van der Waals surface area contributed by atoms with E-state index in [4.69, 9.17) is 4.74 Å². The average Bonchev–Trinajstić information content (AvgIpc) is 3.43. The van der Waals surface area contributed by atoms with Crippen LogP contribution in [0.4, 0.5) is 4.39 Å². The molecule has 0 radical (unpaired) electrons. The molecule has 1 aromatic carbocycles. The van der Waals surface area contributed by atoms with Crippen molar-refractivity contribution in [1.82, 2.24) is 10.2 Å². The molecular weight excluding hydrogens is 347 g/mol. The summed E-state index contributed by atoms with van der Waals surface area (Å²) in [5.41, 5.74) is 0.619. The van der Waals surface area contributed by atoms with Gasteiger partial charge in [-0.15, -0.1) is 0 Å². The molecule has 27 heavy (non-hydrogen) atoms. The topological polar surface area (TPSA) is 58.6 Å². The van der Waals surface area contributed by atoms with Gasteiger partial charge in [-0.2, -0.15) is 0 Å². The third-order valence-electron chi connectivity index (χ3n) is 6.34. The lowest BCUT2D eigenvalue weighted by atomic mass is 9.71. The van der Waals surface area contributed by atoms with E-state index < -0.39 is 0 Å². The maximum atomic E-state index is 13.1. The lowest BCUT2D eigenvalue weighted by molar-refractivity contribution is -0.130. The maximum absolute atomic E-state index is 13.1. The zero-order valence-electron chi connectivity index (χ0n) is 15.6. The van der Waals surface area contributed by atoms with Crippen LogP contribution in [0.25, 0.3) is 0 Å². The Bertz CT molecular complexity index is 696. The van der Waals surface area contributed by atoms with Gasteiger partial charge in [0, 0.05) is 38.3 Å². The number of hydrogen-bond donors (Lipinski definition) is 1. The fraction of sp³-hybridized carbons (Fsp3) is 0.619. The van der Waals surface area contributed by atoms with Crippen molar-refractivity contribution in [2.75, 3.05) is 32.8 Å². The Morgan fingerprint density at radius 2 is 1.89 bits per heavy atom. The second-order valence-electron chi connectivity index (χ2n) is 8.29. The van der Waals surface area contributed by atoms with Crippen LogP contribution in [0.3, 0.4) is 0 Å². The third kappa shape index (κ3) is 4.15. The summed E-state index contributed by atoms with van der Waals surface area (Å²) in [6.45, 7) is 3.12. The lowest BCUT2D eigenvalue weighted by Crippen LogP contribution is -2.44. The predicted octanol–water partition coefficient (Wildman–Crippen LogP) is 2.15. The van der Waals surface area contributed by atoms with Gasteiger partial charge in [0.25, 0.3) is 0 Å². The zero-order valence-corrected chi connectivity index (χ0v) is 15.6. The standard InChI is InChI=1S/C21H27FN2O3/c22-17-5-3-15(4-6-17)11-19(25)24-13-18(20(26)23-12-16-1-2-16)21(14-24)7-9-27-10-8-21/h3-6,16,18H,1-2,7-14H2,(H,23,26). The zero-order chi connectivity index (χ0) is 18.9. The summed E-state index contributed by atoms with van der Waals surface area (Å²) < 4.78 is 18.6. The molecule has 2 aliphatic heterocycles. The van der Waals surface area contributed by atoms with E-state index in [1.54, 1.807) is 12.1 Å². The summed E-state index contributed by atoms with van der Waals surface area (Å²) in [6, 6.07) is 6.04. The molecule has 2 heterocycles. The van der Waals surface area contributed by atoms with Crippen molar-refractivity contribution in [3.05, 3.63) is 35.6 Å². The number of likely N-dealkylation sites (tertiary alicyclic amines) is 1. The molecule has 1 saturated carbocycles. The summed E-state index contributed by atoms with van der Waals surface area (Å²) >= 11 is 0. The Morgan fingerprint density at radius 3 is 2.56 bits per heavy atom. The molecule has 0 bridgehead atoms. The highest BCUT2D eigenvalue weighted by Gasteiger charge is 2.51. The number of carbonyl (C=O) groups is 2. The average molecular weight is 374 g/mol. The molecule has 1 spiro atoms. The predicted molar refractivity (Wildman–Crippen MR) is 98.4 cm³/mol. The van der Waals surface area contributed by atoms with Crippen LogP contribution in [0.5, 0.6) is 0 Å². The minimum atomic E-state index is -0.305. The first-order valence-electron chi connectivity index (χ1n) is 9.93. The van der Waals surface area contributed by atoms with Crippen LogP contribution in [-0.4, -0.2) is 49.6 Å². The highest BCUT2D eigenvalue weighted by Crippen LogP contribution is 2.44. The summed E-state index contributed by atoms with van der Waals surface area (Å²) in [5, 5.41) is 3.11. The number of rotatable bonds is 5. The van der Waals surface area contributed by atoms with Crippen molar-refractivity contribution in [2.45, 2.75) is 32.1 Å². The van der Waals surface area contributed by atoms with Gasteiger partial charge in [-0.05, 0) is 49.3 Å². The Kier molecular flexibility index (Phi) is 5.17. The van der Waals surface area contributed by atoms with Gasteiger partial charge >= 0.3 is 0 Å². The molecule has 6 heteroatoms. The number of benzene rings is 1. The number of hydrogen-bond acceptors (Lipinski definition) is 3. The minimum Gasteiger partial charge on any atom is -0.381 e. The quantitative estimate of drug-likeness (QED) is 0.859. The van der Waals surface area contributed by atoms with Crippen molar-refractivity contribution < 1.29 is 18.7 Å². The Labute approximate surface area is 159 Å². The number of nitrogens with one attached hydrogen (secondary N) is 1. The van der Waals surface area contributed by atoms with Crippen LogP contribution in [0.15, 0.2) is 24.3 Å². The molecule has 2 saturated heterocycles. The largest absolute Gasteiger partial charge is 0.381 e. The van der Waals surface area contributed by atoms with E-state index in [1.807, 2.05) is 4.90 Å². The second kappa shape index (κ2) is 7.58. The van der Waals surface area contributed by atoms with Crippen LogP contribution in [0.1, 0.15) is 31.2 Å². The first kappa shape index (κ1) is 18.4. The molecular formula is C21H27FN2O3. The number of halogens is 1. The van der Waals surface area contributed by atoms with E-state index in [-0.39, 0.29) is 35.4 Å².